The van der Waals surface area contributed by atoms with E-state index in [2.05, 4.69) is 25.8 Å². The van der Waals surface area contributed by atoms with E-state index in [9.17, 15) is 9.59 Å². The third kappa shape index (κ3) is 5.19. The topological polar surface area (TPSA) is 82.8 Å². The number of halogens is 1. The van der Waals surface area contributed by atoms with Gasteiger partial charge in [-0.2, -0.15) is 9.78 Å². The Hall–Kier alpha value is -3.00. The van der Waals surface area contributed by atoms with Crippen molar-refractivity contribution in [1.29, 1.82) is 0 Å². The second-order valence-corrected chi connectivity index (χ2v) is 8.07. The summed E-state index contributed by atoms with van der Waals surface area (Å²) in [6.07, 6.45) is 1.66. The molecule has 0 aliphatic rings. The summed E-state index contributed by atoms with van der Waals surface area (Å²) < 4.78 is 12.5. The lowest BCUT2D eigenvalue weighted by Crippen LogP contribution is -2.25. The van der Waals surface area contributed by atoms with Crippen molar-refractivity contribution in [2.24, 2.45) is 5.10 Å². The molecule has 0 aliphatic heterocycles. The molecule has 0 radical (unpaired) electrons. The molecule has 1 heterocycles. The van der Waals surface area contributed by atoms with Crippen molar-refractivity contribution in [3.8, 4) is 5.75 Å². The third-order valence-electron chi connectivity index (χ3n) is 4.91. The molecule has 1 aromatic heterocycles. The summed E-state index contributed by atoms with van der Waals surface area (Å²) in [7, 11) is 1.31. The lowest BCUT2D eigenvalue weighted by atomic mass is 10.1. The Kier molecular flexibility index (Phi) is 7.22. The van der Waals surface area contributed by atoms with Crippen LogP contribution in [0.2, 0.25) is 0 Å². The van der Waals surface area contributed by atoms with Crippen molar-refractivity contribution in [2.75, 3.05) is 7.11 Å². The second kappa shape index (κ2) is 9.87. The number of esters is 1. The first-order chi connectivity index (χ1) is 14.8. The van der Waals surface area contributed by atoms with Crippen LogP contribution in [0.25, 0.3) is 10.9 Å². The Bertz CT molecular complexity index is 1190. The maximum Gasteiger partial charge on any atom is 0.346 e. The summed E-state index contributed by atoms with van der Waals surface area (Å²) in [6, 6.07) is 12.5. The zero-order valence-electron chi connectivity index (χ0n) is 17.8. The van der Waals surface area contributed by atoms with Crippen molar-refractivity contribution < 1.29 is 14.3 Å². The van der Waals surface area contributed by atoms with Crippen molar-refractivity contribution in [1.82, 2.24) is 9.66 Å². The number of fused-ring (bicyclic) bond motifs is 1. The van der Waals surface area contributed by atoms with Gasteiger partial charge in [-0.1, -0.05) is 41.9 Å². The smallest absolute Gasteiger partial charge is 0.346 e. The summed E-state index contributed by atoms with van der Waals surface area (Å²) in [5.41, 5.74) is 1.12. The molecule has 0 amide bonds. The van der Waals surface area contributed by atoms with E-state index in [0.717, 1.165) is 10.9 Å². The number of ether oxygens (including phenoxy) is 2. The first-order valence-electron chi connectivity index (χ1n) is 9.95. The SMILES string of the molecule is CC[C@@H](C)c1nc2ccc(Br)cc2c(=O)n1N=Cc1cccc(O[C@@H](C)C(=O)OC)c1. The number of rotatable bonds is 7. The Morgan fingerprint density at radius 3 is 2.74 bits per heavy atom. The minimum absolute atomic E-state index is 0.0495. The third-order valence-corrected chi connectivity index (χ3v) is 5.41. The largest absolute Gasteiger partial charge is 0.479 e. The van der Waals surface area contributed by atoms with E-state index in [0.29, 0.717) is 28.0 Å². The van der Waals surface area contributed by atoms with Gasteiger partial charge in [0.2, 0.25) is 0 Å². The van der Waals surface area contributed by atoms with Crippen LogP contribution in [0.3, 0.4) is 0 Å². The molecule has 0 N–H and O–H groups in total. The molecule has 3 aromatic rings. The average molecular weight is 486 g/mol. The van der Waals surface area contributed by atoms with Gasteiger partial charge in [0, 0.05) is 10.4 Å². The van der Waals surface area contributed by atoms with Gasteiger partial charge in [0.05, 0.1) is 24.2 Å². The molecule has 8 heteroatoms. The molecule has 2 aromatic carbocycles. The molecular weight excluding hydrogens is 462 g/mol. The van der Waals surface area contributed by atoms with Crippen molar-refractivity contribution >= 4 is 39.0 Å². The fourth-order valence-electron chi connectivity index (χ4n) is 2.99. The molecule has 0 saturated carbocycles. The van der Waals surface area contributed by atoms with Crippen LogP contribution in [0, 0.1) is 0 Å². The maximum atomic E-state index is 13.2. The summed E-state index contributed by atoms with van der Waals surface area (Å²) >= 11 is 3.41. The summed E-state index contributed by atoms with van der Waals surface area (Å²) in [6.45, 7) is 5.67. The number of hydrogen-bond acceptors (Lipinski definition) is 6. The molecule has 0 fully saturated rings. The molecule has 0 aliphatic carbocycles. The van der Waals surface area contributed by atoms with Crippen LogP contribution in [-0.2, 0) is 9.53 Å². The predicted molar refractivity (Wildman–Crippen MR) is 124 cm³/mol. The maximum absolute atomic E-state index is 13.2. The molecule has 162 valence electrons. The minimum Gasteiger partial charge on any atom is -0.479 e. The quantitative estimate of drug-likeness (QED) is 0.363. The van der Waals surface area contributed by atoms with Crippen LogP contribution in [0.15, 0.2) is 56.8 Å². The highest BCUT2D eigenvalue weighted by Crippen LogP contribution is 2.21. The molecular formula is C23H24BrN3O4. The summed E-state index contributed by atoms with van der Waals surface area (Å²) in [5, 5.41) is 4.94. The number of benzene rings is 2. The summed E-state index contributed by atoms with van der Waals surface area (Å²) in [4.78, 5) is 29.5. The van der Waals surface area contributed by atoms with E-state index in [1.807, 2.05) is 32.0 Å². The van der Waals surface area contributed by atoms with E-state index in [1.54, 1.807) is 37.4 Å². The first kappa shape index (κ1) is 22.7. The fraction of sp³-hybridized carbons (Fsp3) is 0.304. The number of carbonyl (C=O) groups excluding carboxylic acids is 1. The Morgan fingerprint density at radius 2 is 2.03 bits per heavy atom. The van der Waals surface area contributed by atoms with Gasteiger partial charge in [-0.15, -0.1) is 0 Å². The van der Waals surface area contributed by atoms with Crippen molar-refractivity contribution in [3.05, 3.63) is 68.7 Å². The minimum atomic E-state index is -0.736. The normalized spacial score (nSPS) is 13.3. The standard InChI is InChI=1S/C23H24BrN3O4/c1-5-14(2)21-26-20-10-9-17(24)12-19(20)22(28)27(21)25-13-16-7-6-8-18(11-16)31-15(3)23(29)30-4/h6-15H,5H2,1-4H3/t14-,15+/m1/s1. The molecule has 7 nitrogen and oxygen atoms in total. The van der Waals surface area contributed by atoms with Crippen LogP contribution in [-0.4, -0.2) is 35.1 Å². The molecule has 2 atom stereocenters. The van der Waals surface area contributed by atoms with Crippen molar-refractivity contribution in [3.63, 3.8) is 0 Å². The lowest BCUT2D eigenvalue weighted by molar-refractivity contribution is -0.147. The van der Waals surface area contributed by atoms with Gasteiger partial charge in [0.15, 0.2) is 6.10 Å². The highest BCUT2D eigenvalue weighted by molar-refractivity contribution is 9.10. The Balaban J connectivity index is 2.01. The zero-order chi connectivity index (χ0) is 22.5. The Labute approximate surface area is 188 Å². The molecule has 0 unspecified atom stereocenters. The highest BCUT2D eigenvalue weighted by Gasteiger charge is 2.16. The predicted octanol–water partition coefficient (Wildman–Crippen LogP) is 4.50. The zero-order valence-corrected chi connectivity index (χ0v) is 19.4. The van der Waals surface area contributed by atoms with E-state index < -0.39 is 12.1 Å². The van der Waals surface area contributed by atoms with Gasteiger partial charge in [-0.25, -0.2) is 9.78 Å². The van der Waals surface area contributed by atoms with Gasteiger partial charge in [0.1, 0.15) is 11.6 Å². The van der Waals surface area contributed by atoms with E-state index in [-0.39, 0.29) is 11.5 Å². The average Bonchev–Trinajstić information content (AvgIpc) is 2.77. The van der Waals surface area contributed by atoms with E-state index in [1.165, 1.54) is 11.8 Å². The molecule has 3 rings (SSSR count). The van der Waals surface area contributed by atoms with Crippen LogP contribution < -0.4 is 10.3 Å². The van der Waals surface area contributed by atoms with Crippen LogP contribution in [0.1, 0.15) is 44.5 Å². The first-order valence-corrected chi connectivity index (χ1v) is 10.7. The lowest BCUT2D eigenvalue weighted by Gasteiger charge is -2.14. The van der Waals surface area contributed by atoms with Gasteiger partial charge in [-0.05, 0) is 49.2 Å². The van der Waals surface area contributed by atoms with Crippen LogP contribution in [0.5, 0.6) is 5.75 Å². The number of nitrogens with zero attached hydrogens (tertiary/aromatic N) is 3. The van der Waals surface area contributed by atoms with Gasteiger partial charge in [0.25, 0.3) is 5.56 Å². The van der Waals surface area contributed by atoms with E-state index in [4.69, 9.17) is 9.72 Å². The number of methoxy groups -OCH3 is 1. The van der Waals surface area contributed by atoms with Gasteiger partial charge >= 0.3 is 5.97 Å². The number of aromatic nitrogens is 2. The monoisotopic (exact) mass is 485 g/mol. The number of hydrogen-bond donors (Lipinski definition) is 0. The molecule has 0 saturated heterocycles. The Morgan fingerprint density at radius 1 is 1.26 bits per heavy atom. The highest BCUT2D eigenvalue weighted by atomic mass is 79.9. The molecule has 0 bridgehead atoms. The van der Waals surface area contributed by atoms with E-state index >= 15 is 0 Å². The van der Waals surface area contributed by atoms with Gasteiger partial charge < -0.3 is 9.47 Å². The molecule has 31 heavy (non-hydrogen) atoms. The molecule has 0 spiro atoms. The van der Waals surface area contributed by atoms with Gasteiger partial charge in [-0.3, -0.25) is 4.79 Å². The summed E-state index contributed by atoms with van der Waals surface area (Å²) in [5.74, 6) is 0.688. The number of carbonyl (C=O) groups is 1. The van der Waals surface area contributed by atoms with Crippen molar-refractivity contribution in [2.45, 2.75) is 39.2 Å². The van der Waals surface area contributed by atoms with Crippen LogP contribution >= 0.6 is 15.9 Å². The fourth-order valence-corrected chi connectivity index (χ4v) is 3.35. The second-order valence-electron chi connectivity index (χ2n) is 7.16. The van der Waals surface area contributed by atoms with Crippen LogP contribution in [0.4, 0.5) is 0 Å².